The normalized spacial score (nSPS) is 21.8. The predicted octanol–water partition coefficient (Wildman–Crippen LogP) is 4.36. The van der Waals surface area contributed by atoms with E-state index >= 15 is 0 Å². The number of nitrogens with one attached hydrogen (secondary N) is 2. The molecule has 2 aromatic rings. The van der Waals surface area contributed by atoms with Gasteiger partial charge in [-0.1, -0.05) is 12.1 Å². The second kappa shape index (κ2) is 8.07. The molecule has 1 aromatic heterocycles. The van der Waals surface area contributed by atoms with Gasteiger partial charge in [-0.05, 0) is 69.7 Å². The molecule has 1 saturated heterocycles. The van der Waals surface area contributed by atoms with Crippen LogP contribution in [0.15, 0.2) is 18.2 Å². The highest BCUT2D eigenvalue weighted by Gasteiger charge is 2.25. The number of amides is 1. The van der Waals surface area contributed by atoms with E-state index in [-0.39, 0.29) is 24.2 Å². The smallest absolute Gasteiger partial charge is 0.229 e. The molecule has 1 aliphatic carbocycles. The molecule has 4 nitrogen and oxygen atoms in total. The molecule has 2 heterocycles. The van der Waals surface area contributed by atoms with Crippen molar-refractivity contribution >= 4 is 34.8 Å². The van der Waals surface area contributed by atoms with Crippen molar-refractivity contribution in [1.82, 2.24) is 10.3 Å². The zero-order chi connectivity index (χ0) is 17.4. The van der Waals surface area contributed by atoms with Crippen LogP contribution in [0.1, 0.15) is 42.2 Å². The molecule has 1 aliphatic heterocycles. The fourth-order valence-electron chi connectivity index (χ4n) is 4.01. The molecule has 0 bridgehead atoms. The maximum absolute atomic E-state index is 12.6. The lowest BCUT2D eigenvalue weighted by Crippen LogP contribution is -2.40. The van der Waals surface area contributed by atoms with Gasteiger partial charge in [-0.15, -0.1) is 23.7 Å². The third-order valence-corrected chi connectivity index (χ3v) is 6.28. The van der Waals surface area contributed by atoms with Gasteiger partial charge in [0.15, 0.2) is 5.13 Å². The molecular weight excluding hydrogens is 366 g/mol. The maximum Gasteiger partial charge on any atom is 0.229 e. The number of aryl methyl sites for hydroxylation is 3. The number of benzene rings is 1. The number of piperidine rings is 1. The minimum absolute atomic E-state index is 0. The third kappa shape index (κ3) is 3.95. The first-order chi connectivity index (χ1) is 12.1. The minimum Gasteiger partial charge on any atom is -0.314 e. The summed E-state index contributed by atoms with van der Waals surface area (Å²) in [6.45, 7) is 5.14. The standard InChI is InChI=1S/C20H25N3OS.ClH/c1-12-10-17(8-9-21-12)19(24)23-20-22-18(13(2)25-20)16-7-6-14-4-3-5-15(14)11-16;/h6-7,11-12,17,21H,3-5,8-10H2,1-2H3,(H,22,23,24);1H/t12-,17-;/m0./s1. The summed E-state index contributed by atoms with van der Waals surface area (Å²) in [7, 11) is 0. The highest BCUT2D eigenvalue weighted by atomic mass is 35.5. The number of aromatic nitrogens is 1. The van der Waals surface area contributed by atoms with Crippen molar-refractivity contribution in [3.05, 3.63) is 34.2 Å². The Morgan fingerprint density at radius 3 is 2.92 bits per heavy atom. The van der Waals surface area contributed by atoms with Gasteiger partial charge >= 0.3 is 0 Å². The average Bonchev–Trinajstić information content (AvgIpc) is 3.20. The highest BCUT2D eigenvalue weighted by Crippen LogP contribution is 2.33. The zero-order valence-electron chi connectivity index (χ0n) is 15.3. The number of nitrogens with zero attached hydrogens (tertiary/aromatic N) is 1. The van der Waals surface area contributed by atoms with Crippen LogP contribution in [0, 0.1) is 12.8 Å². The fraction of sp³-hybridized carbons (Fsp3) is 0.500. The molecule has 2 N–H and O–H groups in total. The first-order valence-electron chi connectivity index (χ1n) is 9.24. The number of carbonyl (C=O) groups excluding carboxylic acids is 1. The van der Waals surface area contributed by atoms with Crippen LogP contribution in [-0.4, -0.2) is 23.5 Å². The Morgan fingerprint density at radius 1 is 1.31 bits per heavy atom. The van der Waals surface area contributed by atoms with Crippen LogP contribution in [-0.2, 0) is 17.6 Å². The quantitative estimate of drug-likeness (QED) is 0.817. The lowest BCUT2D eigenvalue weighted by atomic mass is 9.92. The zero-order valence-corrected chi connectivity index (χ0v) is 16.9. The topological polar surface area (TPSA) is 54.0 Å². The van der Waals surface area contributed by atoms with Crippen molar-refractivity contribution in [3.63, 3.8) is 0 Å². The lowest BCUT2D eigenvalue weighted by Gasteiger charge is -2.26. The summed E-state index contributed by atoms with van der Waals surface area (Å²) in [5.41, 5.74) is 5.11. The highest BCUT2D eigenvalue weighted by molar-refractivity contribution is 7.16. The molecule has 1 fully saturated rings. The Balaban J connectivity index is 0.00000196. The van der Waals surface area contributed by atoms with E-state index in [0.29, 0.717) is 6.04 Å². The summed E-state index contributed by atoms with van der Waals surface area (Å²) in [5.74, 6) is 0.200. The summed E-state index contributed by atoms with van der Waals surface area (Å²) in [4.78, 5) is 18.4. The van der Waals surface area contributed by atoms with Gasteiger partial charge in [0, 0.05) is 22.4 Å². The van der Waals surface area contributed by atoms with Crippen molar-refractivity contribution in [2.75, 3.05) is 11.9 Å². The van der Waals surface area contributed by atoms with Crippen LogP contribution in [0.2, 0.25) is 0 Å². The molecule has 0 saturated carbocycles. The predicted molar refractivity (Wildman–Crippen MR) is 110 cm³/mol. The van der Waals surface area contributed by atoms with Crippen LogP contribution in [0.4, 0.5) is 5.13 Å². The van der Waals surface area contributed by atoms with Crippen molar-refractivity contribution in [1.29, 1.82) is 0 Å². The first-order valence-corrected chi connectivity index (χ1v) is 10.1. The van der Waals surface area contributed by atoms with E-state index in [1.807, 2.05) is 0 Å². The van der Waals surface area contributed by atoms with Gasteiger partial charge in [0.2, 0.25) is 5.91 Å². The number of carbonyl (C=O) groups is 1. The molecule has 0 radical (unpaired) electrons. The van der Waals surface area contributed by atoms with Crippen molar-refractivity contribution < 1.29 is 4.79 Å². The summed E-state index contributed by atoms with van der Waals surface area (Å²) in [6, 6.07) is 7.10. The Bertz CT molecular complexity index is 804. The van der Waals surface area contributed by atoms with E-state index in [0.717, 1.165) is 35.1 Å². The fourth-order valence-corrected chi connectivity index (χ4v) is 4.85. The monoisotopic (exact) mass is 391 g/mol. The Kier molecular flexibility index (Phi) is 6.00. The Hall–Kier alpha value is -1.43. The van der Waals surface area contributed by atoms with E-state index in [9.17, 15) is 4.79 Å². The minimum atomic E-state index is 0. The molecule has 26 heavy (non-hydrogen) atoms. The number of anilines is 1. The summed E-state index contributed by atoms with van der Waals surface area (Å²) >= 11 is 1.58. The molecule has 1 amide bonds. The first kappa shape index (κ1) is 19.3. The Labute approximate surface area is 165 Å². The molecule has 6 heteroatoms. The van der Waals surface area contributed by atoms with Gasteiger partial charge in [-0.2, -0.15) is 0 Å². The third-order valence-electron chi connectivity index (χ3n) is 5.39. The van der Waals surface area contributed by atoms with Crippen LogP contribution in [0.3, 0.4) is 0 Å². The molecule has 2 aliphatic rings. The number of rotatable bonds is 3. The van der Waals surface area contributed by atoms with Crippen molar-refractivity contribution in [2.45, 2.75) is 52.0 Å². The van der Waals surface area contributed by atoms with Crippen LogP contribution < -0.4 is 10.6 Å². The SMILES string of the molecule is Cc1sc(NC(=O)[C@H]2CCN[C@@H](C)C2)nc1-c1ccc2c(c1)CCC2.Cl. The summed E-state index contributed by atoms with van der Waals surface area (Å²) < 4.78 is 0. The van der Waals surface area contributed by atoms with E-state index in [2.05, 4.69) is 42.7 Å². The Morgan fingerprint density at radius 2 is 2.12 bits per heavy atom. The second-order valence-electron chi connectivity index (χ2n) is 7.33. The molecule has 0 spiro atoms. The molecule has 1 aromatic carbocycles. The number of hydrogen-bond donors (Lipinski definition) is 2. The van der Waals surface area contributed by atoms with E-state index < -0.39 is 0 Å². The van der Waals surface area contributed by atoms with Gasteiger partial charge in [0.25, 0.3) is 0 Å². The molecular formula is C20H26ClN3OS. The summed E-state index contributed by atoms with van der Waals surface area (Å²) in [5, 5.41) is 7.18. The lowest BCUT2D eigenvalue weighted by molar-refractivity contribution is -0.120. The van der Waals surface area contributed by atoms with E-state index in [1.54, 1.807) is 11.3 Å². The van der Waals surface area contributed by atoms with Gasteiger partial charge in [-0.3, -0.25) is 4.79 Å². The van der Waals surface area contributed by atoms with Gasteiger partial charge in [0.05, 0.1) is 5.69 Å². The molecule has 2 atom stereocenters. The average molecular weight is 392 g/mol. The van der Waals surface area contributed by atoms with Crippen molar-refractivity contribution in [3.8, 4) is 11.3 Å². The van der Waals surface area contributed by atoms with Gasteiger partial charge in [0.1, 0.15) is 0 Å². The van der Waals surface area contributed by atoms with Crippen LogP contribution >= 0.6 is 23.7 Å². The number of hydrogen-bond acceptors (Lipinski definition) is 4. The van der Waals surface area contributed by atoms with Crippen LogP contribution in [0.25, 0.3) is 11.3 Å². The number of halogens is 1. The van der Waals surface area contributed by atoms with Crippen molar-refractivity contribution in [2.24, 2.45) is 5.92 Å². The molecule has 140 valence electrons. The van der Waals surface area contributed by atoms with Gasteiger partial charge in [-0.25, -0.2) is 4.98 Å². The van der Waals surface area contributed by atoms with Crippen LogP contribution in [0.5, 0.6) is 0 Å². The summed E-state index contributed by atoms with van der Waals surface area (Å²) in [6.07, 6.45) is 5.42. The molecule has 0 unspecified atom stereocenters. The number of thiazole rings is 1. The largest absolute Gasteiger partial charge is 0.314 e. The van der Waals surface area contributed by atoms with E-state index in [1.165, 1.54) is 36.0 Å². The number of fused-ring (bicyclic) bond motifs is 1. The molecule has 4 rings (SSSR count). The maximum atomic E-state index is 12.6. The second-order valence-corrected chi connectivity index (χ2v) is 8.53. The van der Waals surface area contributed by atoms with Gasteiger partial charge < -0.3 is 10.6 Å². The van der Waals surface area contributed by atoms with E-state index in [4.69, 9.17) is 4.98 Å².